The minimum Gasteiger partial charge on any atom is -0.395 e. The van der Waals surface area contributed by atoms with Crippen LogP contribution in [0.2, 0.25) is 0 Å². The van der Waals surface area contributed by atoms with Gasteiger partial charge in [-0.2, -0.15) is 0 Å². The van der Waals surface area contributed by atoms with E-state index in [0.29, 0.717) is 25.2 Å². The zero-order valence-corrected chi connectivity index (χ0v) is 20.9. The van der Waals surface area contributed by atoms with Crippen LogP contribution in [0.25, 0.3) is 10.9 Å². The molecule has 1 atom stereocenters. The first kappa shape index (κ1) is 24.8. The zero-order valence-electron chi connectivity index (χ0n) is 20.9. The summed E-state index contributed by atoms with van der Waals surface area (Å²) in [7, 11) is 0. The van der Waals surface area contributed by atoms with Gasteiger partial charge in [-0.3, -0.25) is 9.69 Å². The molecule has 0 fully saturated rings. The van der Waals surface area contributed by atoms with Crippen molar-refractivity contribution >= 4 is 10.9 Å². The van der Waals surface area contributed by atoms with Crippen LogP contribution >= 0.6 is 0 Å². The molecule has 35 heavy (non-hydrogen) atoms. The Labute approximate surface area is 205 Å². The number of nitrogens with zero attached hydrogens (tertiary/aromatic N) is 5. The van der Waals surface area contributed by atoms with Crippen LogP contribution in [0.15, 0.2) is 53.3 Å². The minimum atomic E-state index is -0.165. The molecule has 0 aliphatic carbocycles. The number of tetrazole rings is 1. The minimum absolute atomic E-state index is 0.0293. The molecule has 0 radical (unpaired) electrons. The lowest BCUT2D eigenvalue weighted by atomic mass is 9.99. The van der Waals surface area contributed by atoms with Crippen LogP contribution < -0.4 is 5.56 Å². The Morgan fingerprint density at radius 2 is 1.89 bits per heavy atom. The van der Waals surface area contributed by atoms with E-state index in [-0.39, 0.29) is 24.1 Å². The molecular weight excluding hydrogens is 440 g/mol. The standard InChI is InChI=1S/C27H34N6O2/c1-18(2)25(26-29-30-31-33(26)11-10-21-8-6-5-7-9-21)32(12-13-34)17-22-16-23-20(4)14-19(3)15-24(23)28-27(22)35/h5-9,14-16,18,25,34H,10-13,17H2,1-4H3,(H,28,35)/t25-/m1/s1. The van der Waals surface area contributed by atoms with Crippen LogP contribution in [0.3, 0.4) is 0 Å². The number of aliphatic hydroxyl groups is 1. The van der Waals surface area contributed by atoms with Gasteiger partial charge in [-0.15, -0.1) is 5.10 Å². The molecule has 8 heteroatoms. The third kappa shape index (κ3) is 5.66. The summed E-state index contributed by atoms with van der Waals surface area (Å²) in [4.78, 5) is 18.2. The molecule has 0 bridgehead atoms. The fourth-order valence-electron chi connectivity index (χ4n) is 4.84. The van der Waals surface area contributed by atoms with Crippen molar-refractivity contribution in [3.05, 3.63) is 87.0 Å². The molecule has 184 valence electrons. The highest BCUT2D eigenvalue weighted by molar-refractivity contribution is 5.83. The molecule has 4 rings (SSSR count). The molecule has 0 amide bonds. The van der Waals surface area contributed by atoms with E-state index < -0.39 is 0 Å². The number of pyridine rings is 1. The van der Waals surface area contributed by atoms with Gasteiger partial charge in [0, 0.05) is 36.1 Å². The number of aromatic nitrogens is 5. The molecule has 8 nitrogen and oxygen atoms in total. The molecule has 0 unspecified atom stereocenters. The maximum Gasteiger partial charge on any atom is 0.252 e. The van der Waals surface area contributed by atoms with E-state index in [1.807, 2.05) is 41.9 Å². The molecule has 2 aromatic heterocycles. The lowest BCUT2D eigenvalue weighted by Crippen LogP contribution is -2.37. The van der Waals surface area contributed by atoms with Gasteiger partial charge < -0.3 is 10.1 Å². The number of fused-ring (bicyclic) bond motifs is 1. The Bertz CT molecular complexity index is 1330. The van der Waals surface area contributed by atoms with Gasteiger partial charge >= 0.3 is 0 Å². The van der Waals surface area contributed by atoms with Crippen molar-refractivity contribution in [2.75, 3.05) is 13.2 Å². The molecule has 0 saturated carbocycles. The van der Waals surface area contributed by atoms with Gasteiger partial charge in [0.2, 0.25) is 0 Å². The van der Waals surface area contributed by atoms with Crippen LogP contribution in [0.5, 0.6) is 0 Å². The highest BCUT2D eigenvalue weighted by Crippen LogP contribution is 2.29. The fraction of sp³-hybridized carbons (Fsp3) is 0.407. The first-order chi connectivity index (χ1) is 16.9. The quantitative estimate of drug-likeness (QED) is 0.365. The SMILES string of the molecule is Cc1cc(C)c2cc(CN(CCO)[C@@H](c3nnnn3CCc3ccccc3)C(C)C)c(=O)[nH]c2c1. The van der Waals surface area contributed by atoms with Crippen LogP contribution in [0.1, 0.15) is 48.0 Å². The van der Waals surface area contributed by atoms with E-state index in [4.69, 9.17) is 0 Å². The summed E-state index contributed by atoms with van der Waals surface area (Å²) in [5.41, 5.74) is 4.84. The van der Waals surface area contributed by atoms with Gasteiger partial charge in [-0.05, 0) is 65.4 Å². The first-order valence-electron chi connectivity index (χ1n) is 12.2. The molecule has 0 aliphatic rings. The monoisotopic (exact) mass is 474 g/mol. The van der Waals surface area contributed by atoms with Crippen molar-refractivity contribution in [1.82, 2.24) is 30.1 Å². The van der Waals surface area contributed by atoms with Gasteiger partial charge in [0.25, 0.3) is 5.56 Å². The number of rotatable bonds is 10. The summed E-state index contributed by atoms with van der Waals surface area (Å²) >= 11 is 0. The Hall–Kier alpha value is -3.36. The average molecular weight is 475 g/mol. The molecular formula is C27H34N6O2. The third-order valence-electron chi connectivity index (χ3n) is 6.45. The molecule has 0 spiro atoms. The second-order valence-electron chi connectivity index (χ2n) is 9.55. The second kappa shape index (κ2) is 10.9. The Balaban J connectivity index is 1.65. The van der Waals surface area contributed by atoms with Crippen molar-refractivity contribution in [2.45, 2.75) is 53.2 Å². The number of hydrogen-bond donors (Lipinski definition) is 2. The van der Waals surface area contributed by atoms with Gasteiger partial charge in [-0.25, -0.2) is 4.68 Å². The van der Waals surface area contributed by atoms with Crippen LogP contribution in [-0.4, -0.2) is 48.3 Å². The van der Waals surface area contributed by atoms with E-state index in [1.165, 1.54) is 5.56 Å². The van der Waals surface area contributed by atoms with Crippen molar-refractivity contribution in [3.8, 4) is 0 Å². The normalized spacial score (nSPS) is 12.7. The largest absolute Gasteiger partial charge is 0.395 e. The molecule has 2 heterocycles. The number of aliphatic hydroxyl groups excluding tert-OH is 1. The number of benzene rings is 2. The Kier molecular flexibility index (Phi) is 7.73. The summed E-state index contributed by atoms with van der Waals surface area (Å²) in [5, 5.41) is 23.5. The summed E-state index contributed by atoms with van der Waals surface area (Å²) < 4.78 is 1.85. The van der Waals surface area contributed by atoms with Crippen LogP contribution in [-0.2, 0) is 19.5 Å². The predicted octanol–water partition coefficient (Wildman–Crippen LogP) is 3.57. The maximum atomic E-state index is 13.0. The highest BCUT2D eigenvalue weighted by Gasteiger charge is 2.29. The first-order valence-corrected chi connectivity index (χ1v) is 12.2. The van der Waals surface area contributed by atoms with Gasteiger partial charge in [0.15, 0.2) is 5.82 Å². The predicted molar refractivity (Wildman–Crippen MR) is 137 cm³/mol. The number of hydrogen-bond acceptors (Lipinski definition) is 6. The lowest BCUT2D eigenvalue weighted by Gasteiger charge is -2.33. The third-order valence-corrected chi connectivity index (χ3v) is 6.45. The Morgan fingerprint density at radius 3 is 2.60 bits per heavy atom. The smallest absolute Gasteiger partial charge is 0.252 e. The van der Waals surface area contributed by atoms with E-state index in [2.05, 4.69) is 64.4 Å². The summed E-state index contributed by atoms with van der Waals surface area (Å²) in [5.74, 6) is 0.903. The van der Waals surface area contributed by atoms with E-state index >= 15 is 0 Å². The summed E-state index contributed by atoms with van der Waals surface area (Å²) in [6, 6.07) is 16.2. The number of aromatic amines is 1. The molecule has 2 N–H and O–H groups in total. The van der Waals surface area contributed by atoms with Gasteiger partial charge in [0.1, 0.15) is 0 Å². The molecule has 0 aliphatic heterocycles. The van der Waals surface area contributed by atoms with Crippen LogP contribution in [0.4, 0.5) is 0 Å². The topological polar surface area (TPSA) is 99.9 Å². The van der Waals surface area contributed by atoms with Crippen molar-refractivity contribution < 1.29 is 5.11 Å². The number of nitrogens with one attached hydrogen (secondary N) is 1. The van der Waals surface area contributed by atoms with E-state index in [9.17, 15) is 9.90 Å². The maximum absolute atomic E-state index is 13.0. The lowest BCUT2D eigenvalue weighted by molar-refractivity contribution is 0.105. The second-order valence-corrected chi connectivity index (χ2v) is 9.55. The van der Waals surface area contributed by atoms with E-state index in [1.54, 1.807) is 0 Å². The summed E-state index contributed by atoms with van der Waals surface area (Å²) in [6.45, 7) is 9.71. The van der Waals surface area contributed by atoms with Crippen LogP contribution in [0, 0.1) is 19.8 Å². The molecule has 4 aromatic rings. The van der Waals surface area contributed by atoms with Crippen molar-refractivity contribution in [3.63, 3.8) is 0 Å². The number of aryl methyl sites for hydroxylation is 4. The van der Waals surface area contributed by atoms with Crippen molar-refractivity contribution in [1.29, 1.82) is 0 Å². The zero-order chi connectivity index (χ0) is 24.9. The average Bonchev–Trinajstić information content (AvgIpc) is 3.27. The van der Waals surface area contributed by atoms with E-state index in [0.717, 1.165) is 34.3 Å². The highest BCUT2D eigenvalue weighted by atomic mass is 16.3. The summed E-state index contributed by atoms with van der Waals surface area (Å²) in [6.07, 6.45) is 0.812. The Morgan fingerprint density at radius 1 is 1.11 bits per heavy atom. The molecule has 0 saturated heterocycles. The van der Waals surface area contributed by atoms with Gasteiger partial charge in [-0.1, -0.05) is 50.2 Å². The number of H-pyrrole nitrogens is 1. The van der Waals surface area contributed by atoms with Crippen molar-refractivity contribution in [2.24, 2.45) is 5.92 Å². The van der Waals surface area contributed by atoms with Gasteiger partial charge in [0.05, 0.1) is 12.6 Å². The molecule has 2 aromatic carbocycles. The fourth-order valence-corrected chi connectivity index (χ4v) is 4.84.